The number of ether oxygens (including phenoxy) is 4. The SMILES string of the molecule is COC[C@@H]1CC(=O)[C@H](C)N(Cc2ccc(Cl)cc2Oc2ccc(-c3cnc(CN4CCCC4)n3C)cc2)C(=O)C[C@@H]([C@H]2COc3c(OC)cccc32)C(=O)N(C)C[C@@H](Cc2ccc(Cl)cc2)N(C)C1=O.Cl. The van der Waals surface area contributed by atoms with Crippen molar-refractivity contribution in [1.82, 2.24) is 29.2 Å². The summed E-state index contributed by atoms with van der Waals surface area (Å²) in [5.74, 6) is -0.757. The van der Waals surface area contributed by atoms with Crippen LogP contribution in [0.15, 0.2) is 91.1 Å². The zero-order chi connectivity index (χ0) is 49.6. The minimum Gasteiger partial charge on any atom is -0.493 e. The van der Waals surface area contributed by atoms with Crippen LogP contribution in [0.2, 0.25) is 10.0 Å². The highest BCUT2D eigenvalue weighted by Crippen LogP contribution is 2.46. The summed E-state index contributed by atoms with van der Waals surface area (Å²) in [4.78, 5) is 71.5. The van der Waals surface area contributed by atoms with E-state index in [0.29, 0.717) is 45.0 Å². The Morgan fingerprint density at radius 1 is 0.803 bits per heavy atom. The molecule has 0 unspecified atom stereocenters. The predicted octanol–water partition coefficient (Wildman–Crippen LogP) is 8.88. The molecule has 0 radical (unpaired) electrons. The van der Waals surface area contributed by atoms with E-state index in [4.69, 9.17) is 47.1 Å². The number of carbonyl (C=O) groups excluding carboxylic acids is 4. The van der Waals surface area contributed by atoms with Crippen LogP contribution in [0.3, 0.4) is 0 Å². The number of Topliss-reactive ketones (excluding diaryl/α,β-unsaturated/α-hetero) is 1. The standard InChI is InChI=1S/C54H62Cl2N6O8.ClH/c1-34-47(63)25-38(32-67-5)53(65)59(3)41(24-35-12-17-39(55)18-13-35)30-58(2)54(66)44(45-33-69-52-43(45)10-9-11-48(52)68-6)27-51(64)62(34)29-37-14-19-40(56)26-49(37)70-42-20-15-36(16-21-42)46-28-57-50(60(46)4)31-61-22-7-8-23-61;/h9-21,26,28,34,38,41,44-45H,7-8,22-25,27,29-33H2,1-6H3;1H/t34-,38-,41+,44-,45-;/m0./s1. The minimum atomic E-state index is -1.03. The fourth-order valence-electron chi connectivity index (χ4n) is 10.0. The molecule has 0 saturated carbocycles. The zero-order valence-corrected chi connectivity index (χ0v) is 43.5. The van der Waals surface area contributed by atoms with Gasteiger partial charge in [0.05, 0.1) is 69.2 Å². The lowest BCUT2D eigenvalue weighted by atomic mass is 9.83. The molecule has 3 amide bonds. The van der Waals surface area contributed by atoms with Gasteiger partial charge in [-0.05, 0) is 99.4 Å². The van der Waals surface area contributed by atoms with Crippen molar-refractivity contribution in [3.05, 3.63) is 124 Å². The molecule has 0 bridgehead atoms. The monoisotopic (exact) mass is 1030 g/mol. The summed E-state index contributed by atoms with van der Waals surface area (Å²) in [6.07, 6.45) is 4.28. The average molecular weight is 1030 g/mol. The topological polar surface area (TPSA) is 136 Å². The van der Waals surface area contributed by atoms with E-state index in [2.05, 4.69) is 9.47 Å². The summed E-state index contributed by atoms with van der Waals surface area (Å²) < 4.78 is 26.1. The molecule has 17 heteroatoms. The molecule has 3 aliphatic heterocycles. The van der Waals surface area contributed by atoms with Crippen molar-refractivity contribution in [2.24, 2.45) is 18.9 Å². The largest absolute Gasteiger partial charge is 0.493 e. The number of hydrogen-bond donors (Lipinski definition) is 0. The second kappa shape index (κ2) is 23.7. The minimum absolute atomic E-state index is 0. The molecule has 4 heterocycles. The average Bonchev–Trinajstić information content (AvgIpc) is 4.13. The summed E-state index contributed by atoms with van der Waals surface area (Å²) in [7, 11) is 8.48. The molecule has 71 heavy (non-hydrogen) atoms. The first-order valence-electron chi connectivity index (χ1n) is 23.9. The van der Waals surface area contributed by atoms with Gasteiger partial charge in [0.1, 0.15) is 17.3 Å². The van der Waals surface area contributed by atoms with Crippen molar-refractivity contribution in [2.45, 2.75) is 70.1 Å². The van der Waals surface area contributed by atoms with Crippen LogP contribution >= 0.6 is 35.6 Å². The fraction of sp³-hybridized carbons (Fsp3) is 0.426. The smallest absolute Gasteiger partial charge is 0.228 e. The van der Waals surface area contributed by atoms with Crippen LogP contribution in [0.5, 0.6) is 23.0 Å². The number of nitrogens with zero attached hydrogens (tertiary/aromatic N) is 6. The van der Waals surface area contributed by atoms with E-state index in [-0.39, 0.29) is 69.1 Å². The molecule has 3 aliphatic rings. The number of rotatable bonds is 13. The Hall–Kier alpha value is -5.64. The Balaban J connectivity index is 0.00000741. The summed E-state index contributed by atoms with van der Waals surface area (Å²) in [6, 6.07) is 24.2. The molecule has 0 spiro atoms. The summed E-state index contributed by atoms with van der Waals surface area (Å²) in [5, 5.41) is 0.986. The molecule has 8 rings (SSSR count). The van der Waals surface area contributed by atoms with Crippen molar-refractivity contribution in [1.29, 1.82) is 0 Å². The van der Waals surface area contributed by atoms with Gasteiger partial charge in [0, 0.05) is 80.3 Å². The molecule has 0 N–H and O–H groups in total. The molecule has 4 aromatic carbocycles. The lowest BCUT2D eigenvalue weighted by Crippen LogP contribution is -2.52. The molecule has 2 saturated heterocycles. The Morgan fingerprint density at radius 2 is 1.52 bits per heavy atom. The van der Waals surface area contributed by atoms with Gasteiger partial charge in [-0.3, -0.25) is 24.1 Å². The van der Waals surface area contributed by atoms with Crippen LogP contribution in [0, 0.1) is 11.8 Å². The quantitative estimate of drug-likeness (QED) is 0.113. The van der Waals surface area contributed by atoms with Gasteiger partial charge in [-0.1, -0.05) is 53.5 Å². The van der Waals surface area contributed by atoms with E-state index < -0.39 is 35.7 Å². The third-order valence-electron chi connectivity index (χ3n) is 14.2. The van der Waals surface area contributed by atoms with E-state index in [0.717, 1.165) is 47.8 Å². The number of likely N-dealkylation sites (tertiary alicyclic amines) is 1. The highest BCUT2D eigenvalue weighted by molar-refractivity contribution is 6.31. The highest BCUT2D eigenvalue weighted by atomic mass is 35.5. The number of carbonyl (C=O) groups is 4. The van der Waals surface area contributed by atoms with Crippen LogP contribution in [-0.4, -0.2) is 126 Å². The first kappa shape index (κ1) is 53.2. The van der Waals surface area contributed by atoms with Crippen LogP contribution in [-0.2, 0) is 50.5 Å². The van der Waals surface area contributed by atoms with Crippen LogP contribution in [0.4, 0.5) is 0 Å². The molecule has 378 valence electrons. The number of likely N-dealkylation sites (N-methyl/N-ethyl adjacent to an activating group) is 2. The van der Waals surface area contributed by atoms with Crippen LogP contribution < -0.4 is 14.2 Å². The second-order valence-electron chi connectivity index (χ2n) is 18.8. The number of amides is 3. The summed E-state index contributed by atoms with van der Waals surface area (Å²) >= 11 is 12.9. The van der Waals surface area contributed by atoms with E-state index in [1.165, 1.54) is 24.9 Å². The van der Waals surface area contributed by atoms with Crippen molar-refractivity contribution in [2.75, 3.05) is 61.2 Å². The third kappa shape index (κ3) is 12.2. The molecular formula is C54H63Cl3N6O8. The van der Waals surface area contributed by atoms with Crippen molar-refractivity contribution in [3.8, 4) is 34.3 Å². The van der Waals surface area contributed by atoms with Gasteiger partial charge < -0.3 is 38.2 Å². The summed E-state index contributed by atoms with van der Waals surface area (Å²) in [6.45, 7) is 4.80. The Labute approximate surface area is 432 Å². The number of ketones is 1. The van der Waals surface area contributed by atoms with Gasteiger partial charge >= 0.3 is 0 Å². The number of imidazole rings is 1. The Bertz CT molecular complexity index is 2680. The zero-order valence-electron chi connectivity index (χ0n) is 41.1. The van der Waals surface area contributed by atoms with E-state index >= 15 is 9.59 Å². The number of methoxy groups -OCH3 is 2. The lowest BCUT2D eigenvalue weighted by molar-refractivity contribution is -0.148. The fourth-order valence-corrected chi connectivity index (χ4v) is 10.3. The van der Waals surface area contributed by atoms with Gasteiger partial charge in [-0.2, -0.15) is 0 Å². The summed E-state index contributed by atoms with van der Waals surface area (Å²) in [5.41, 5.74) is 4.19. The van der Waals surface area contributed by atoms with Crippen molar-refractivity contribution >= 4 is 59.1 Å². The van der Waals surface area contributed by atoms with Crippen molar-refractivity contribution < 1.29 is 38.1 Å². The molecule has 1 aromatic heterocycles. The number of benzene rings is 4. The molecule has 14 nitrogen and oxygen atoms in total. The first-order valence-corrected chi connectivity index (χ1v) is 24.6. The Morgan fingerprint density at radius 3 is 2.23 bits per heavy atom. The first-order chi connectivity index (χ1) is 33.7. The van der Waals surface area contributed by atoms with Crippen LogP contribution in [0.25, 0.3) is 11.3 Å². The van der Waals surface area contributed by atoms with Crippen molar-refractivity contribution in [3.63, 3.8) is 0 Å². The molecule has 5 aromatic rings. The predicted molar refractivity (Wildman–Crippen MR) is 276 cm³/mol. The van der Waals surface area contributed by atoms with Crippen LogP contribution in [0.1, 0.15) is 61.0 Å². The number of hydrogen-bond acceptors (Lipinski definition) is 10. The second-order valence-corrected chi connectivity index (χ2v) is 19.6. The number of aromatic nitrogens is 2. The van der Waals surface area contributed by atoms with E-state index in [9.17, 15) is 9.59 Å². The van der Waals surface area contributed by atoms with Gasteiger partial charge in [0.2, 0.25) is 17.7 Å². The Kier molecular flexibility index (Phi) is 17.8. The van der Waals surface area contributed by atoms with E-state index in [1.807, 2.05) is 61.8 Å². The third-order valence-corrected chi connectivity index (χ3v) is 14.7. The highest BCUT2D eigenvalue weighted by Gasteiger charge is 2.43. The number of fused-ring (bicyclic) bond motifs is 1. The molecule has 0 aliphatic carbocycles. The molecular weight excluding hydrogens is 967 g/mol. The molecule has 2 fully saturated rings. The number of para-hydroxylation sites is 1. The van der Waals surface area contributed by atoms with Gasteiger partial charge in [0.15, 0.2) is 17.3 Å². The van der Waals surface area contributed by atoms with E-state index in [1.54, 1.807) is 74.3 Å². The lowest BCUT2D eigenvalue weighted by Gasteiger charge is -2.37. The maximum atomic E-state index is 15.2. The van der Waals surface area contributed by atoms with Gasteiger partial charge in [0.25, 0.3) is 0 Å². The maximum absolute atomic E-state index is 15.2. The molecule has 5 atom stereocenters. The van der Waals surface area contributed by atoms with Gasteiger partial charge in [-0.25, -0.2) is 4.98 Å². The van der Waals surface area contributed by atoms with Gasteiger partial charge in [-0.15, -0.1) is 12.4 Å². The normalized spacial score (nSPS) is 21.5. The maximum Gasteiger partial charge on any atom is 0.228 e. The number of halogens is 3.